The number of sulfonamides is 1. The lowest BCUT2D eigenvalue weighted by atomic mass is 10.3. The molecule has 8 heteroatoms. The van der Waals surface area contributed by atoms with Gasteiger partial charge in [0.05, 0.1) is 11.5 Å². The first-order valence-electron chi connectivity index (χ1n) is 4.80. The fourth-order valence-corrected chi connectivity index (χ4v) is 3.76. The van der Waals surface area contributed by atoms with Gasteiger partial charge in [-0.05, 0) is 13.3 Å². The summed E-state index contributed by atoms with van der Waals surface area (Å²) in [5.74, 6) is -0.727. The molecule has 0 aromatic heterocycles. The predicted octanol–water partition coefficient (Wildman–Crippen LogP) is 0.310. The third-order valence-electron chi connectivity index (χ3n) is 2.03. The Labute approximate surface area is 103 Å². The number of halogens is 1. The molecule has 0 heterocycles. The third kappa shape index (κ3) is 7.43. The smallest absolute Gasteiger partial charge is 0.214 e. The van der Waals surface area contributed by atoms with E-state index >= 15 is 0 Å². The standard InChI is InChI=1S/C8H18ClNO4S2/c1-8(9)4-5-10(2)16(13,14)7-6-15(3,11)12/h8H,4-7H2,1-3H3. The minimum Gasteiger partial charge on any atom is -0.229 e. The first-order valence-corrected chi connectivity index (χ1v) is 8.91. The molecule has 0 aliphatic heterocycles. The monoisotopic (exact) mass is 291 g/mol. The molecule has 1 unspecified atom stereocenters. The van der Waals surface area contributed by atoms with Gasteiger partial charge in [0.2, 0.25) is 10.0 Å². The van der Waals surface area contributed by atoms with E-state index in [1.54, 1.807) is 6.92 Å². The van der Waals surface area contributed by atoms with Crippen molar-refractivity contribution in [1.82, 2.24) is 4.31 Å². The fraction of sp³-hybridized carbons (Fsp3) is 1.00. The first-order chi connectivity index (χ1) is 7.04. The maximum absolute atomic E-state index is 11.6. The highest BCUT2D eigenvalue weighted by molar-refractivity contribution is 7.93. The molecule has 0 radical (unpaired) electrons. The Kier molecular flexibility index (Phi) is 6.24. The van der Waals surface area contributed by atoms with Crippen molar-refractivity contribution in [3.63, 3.8) is 0 Å². The van der Waals surface area contributed by atoms with Crippen LogP contribution in [-0.4, -0.2) is 57.9 Å². The summed E-state index contributed by atoms with van der Waals surface area (Å²) in [6.45, 7) is 2.08. The maximum atomic E-state index is 11.6. The van der Waals surface area contributed by atoms with E-state index in [1.165, 1.54) is 7.05 Å². The van der Waals surface area contributed by atoms with Gasteiger partial charge in [-0.15, -0.1) is 11.6 Å². The van der Waals surface area contributed by atoms with Gasteiger partial charge in [-0.1, -0.05) is 0 Å². The van der Waals surface area contributed by atoms with Crippen molar-refractivity contribution in [2.24, 2.45) is 0 Å². The lowest BCUT2D eigenvalue weighted by Crippen LogP contribution is -2.33. The van der Waals surface area contributed by atoms with Crippen LogP contribution in [0.4, 0.5) is 0 Å². The Balaban J connectivity index is 4.33. The molecule has 98 valence electrons. The second kappa shape index (κ2) is 6.18. The third-order valence-corrected chi connectivity index (χ3v) is 5.30. The van der Waals surface area contributed by atoms with Gasteiger partial charge >= 0.3 is 0 Å². The summed E-state index contributed by atoms with van der Waals surface area (Å²) < 4.78 is 46.1. The molecular formula is C8H18ClNO4S2. The van der Waals surface area contributed by atoms with Crippen molar-refractivity contribution in [3.05, 3.63) is 0 Å². The van der Waals surface area contributed by atoms with Crippen LogP contribution in [0, 0.1) is 0 Å². The molecule has 0 saturated carbocycles. The van der Waals surface area contributed by atoms with E-state index in [9.17, 15) is 16.8 Å². The van der Waals surface area contributed by atoms with Crippen LogP contribution in [0.3, 0.4) is 0 Å². The SMILES string of the molecule is CC(Cl)CCN(C)S(=O)(=O)CCS(C)(=O)=O. The zero-order valence-corrected chi connectivity index (χ0v) is 12.1. The number of nitrogens with zero attached hydrogens (tertiary/aromatic N) is 1. The minimum absolute atomic E-state index is 0.104. The molecule has 0 bridgehead atoms. The zero-order valence-electron chi connectivity index (χ0n) is 9.68. The molecule has 0 aromatic carbocycles. The number of hydrogen-bond acceptors (Lipinski definition) is 4. The molecule has 0 amide bonds. The van der Waals surface area contributed by atoms with Crippen molar-refractivity contribution in [3.8, 4) is 0 Å². The van der Waals surface area contributed by atoms with Crippen LogP contribution in [0.1, 0.15) is 13.3 Å². The van der Waals surface area contributed by atoms with E-state index in [4.69, 9.17) is 11.6 Å². The molecule has 0 N–H and O–H groups in total. The van der Waals surface area contributed by atoms with Gasteiger partial charge in [0.1, 0.15) is 9.84 Å². The Morgan fingerprint density at radius 1 is 1.19 bits per heavy atom. The lowest BCUT2D eigenvalue weighted by molar-refractivity contribution is 0.461. The predicted molar refractivity (Wildman–Crippen MR) is 66.1 cm³/mol. The Morgan fingerprint density at radius 3 is 2.06 bits per heavy atom. The fourth-order valence-electron chi connectivity index (χ4n) is 0.911. The maximum Gasteiger partial charge on any atom is 0.214 e. The van der Waals surface area contributed by atoms with Crippen LogP contribution in [0.25, 0.3) is 0 Å². The molecule has 0 aromatic rings. The van der Waals surface area contributed by atoms with Crippen molar-refractivity contribution >= 4 is 31.5 Å². The molecule has 5 nitrogen and oxygen atoms in total. The van der Waals surface area contributed by atoms with E-state index in [-0.39, 0.29) is 16.9 Å². The van der Waals surface area contributed by atoms with Crippen molar-refractivity contribution < 1.29 is 16.8 Å². The molecule has 0 aliphatic carbocycles. The Bertz CT molecular complexity index is 402. The van der Waals surface area contributed by atoms with Gasteiger partial charge in [-0.25, -0.2) is 21.1 Å². The lowest BCUT2D eigenvalue weighted by Gasteiger charge is -2.17. The van der Waals surface area contributed by atoms with Crippen LogP contribution in [0.5, 0.6) is 0 Å². The molecular weight excluding hydrogens is 274 g/mol. The van der Waals surface area contributed by atoms with Crippen LogP contribution < -0.4 is 0 Å². The van der Waals surface area contributed by atoms with Crippen molar-refractivity contribution in [2.45, 2.75) is 18.7 Å². The van der Waals surface area contributed by atoms with Crippen LogP contribution in [0.15, 0.2) is 0 Å². The van der Waals surface area contributed by atoms with E-state index < -0.39 is 19.9 Å². The van der Waals surface area contributed by atoms with E-state index in [2.05, 4.69) is 0 Å². The average Bonchev–Trinajstić information content (AvgIpc) is 2.10. The summed E-state index contributed by atoms with van der Waals surface area (Å²) in [6, 6.07) is 0. The second-order valence-corrected chi connectivity index (χ2v) is 9.04. The molecule has 1 atom stereocenters. The molecule has 0 saturated heterocycles. The van der Waals surface area contributed by atoms with Gasteiger partial charge in [0, 0.05) is 25.2 Å². The number of sulfone groups is 1. The van der Waals surface area contributed by atoms with E-state index in [0.29, 0.717) is 13.0 Å². The summed E-state index contributed by atoms with van der Waals surface area (Å²) in [5.41, 5.74) is 0. The molecule has 0 fully saturated rings. The van der Waals surface area contributed by atoms with Crippen molar-refractivity contribution in [1.29, 1.82) is 0 Å². The van der Waals surface area contributed by atoms with Crippen molar-refractivity contribution in [2.75, 3.05) is 31.4 Å². The summed E-state index contributed by atoms with van der Waals surface area (Å²) in [7, 11) is -5.32. The van der Waals surface area contributed by atoms with Gasteiger partial charge in [-0.3, -0.25) is 0 Å². The van der Waals surface area contributed by atoms with Gasteiger partial charge in [-0.2, -0.15) is 0 Å². The van der Waals surface area contributed by atoms with Gasteiger partial charge in [0.15, 0.2) is 0 Å². The normalized spacial score (nSPS) is 15.3. The largest absolute Gasteiger partial charge is 0.229 e. The second-order valence-electron chi connectivity index (χ2n) is 3.84. The Hall–Kier alpha value is 0.150. The summed E-state index contributed by atoms with van der Waals surface area (Å²) >= 11 is 5.70. The average molecular weight is 292 g/mol. The highest BCUT2D eigenvalue weighted by Crippen LogP contribution is 2.05. The summed E-state index contributed by atoms with van der Waals surface area (Å²) in [6.07, 6.45) is 1.56. The number of alkyl halides is 1. The number of rotatable bonds is 7. The molecule has 16 heavy (non-hydrogen) atoms. The van der Waals surface area contributed by atoms with E-state index in [0.717, 1.165) is 10.6 Å². The highest BCUT2D eigenvalue weighted by Gasteiger charge is 2.20. The zero-order chi connectivity index (χ0) is 13.0. The van der Waals surface area contributed by atoms with E-state index in [1.807, 2.05) is 0 Å². The van der Waals surface area contributed by atoms with Crippen LogP contribution in [-0.2, 0) is 19.9 Å². The molecule has 0 rings (SSSR count). The molecule has 0 spiro atoms. The topological polar surface area (TPSA) is 71.5 Å². The van der Waals surface area contributed by atoms with Crippen LogP contribution in [0.2, 0.25) is 0 Å². The summed E-state index contributed by atoms with van der Waals surface area (Å²) in [5, 5.41) is -0.104. The minimum atomic E-state index is -3.49. The Morgan fingerprint density at radius 2 is 1.69 bits per heavy atom. The highest BCUT2D eigenvalue weighted by atomic mass is 35.5. The van der Waals surface area contributed by atoms with Crippen LogP contribution >= 0.6 is 11.6 Å². The van der Waals surface area contributed by atoms with Gasteiger partial charge in [0.25, 0.3) is 0 Å². The quantitative estimate of drug-likeness (QED) is 0.633. The number of hydrogen-bond donors (Lipinski definition) is 0. The molecule has 0 aliphatic rings. The first kappa shape index (κ1) is 16.1. The summed E-state index contributed by atoms with van der Waals surface area (Å²) in [4.78, 5) is 0. The van der Waals surface area contributed by atoms with Gasteiger partial charge < -0.3 is 0 Å².